The first-order chi connectivity index (χ1) is 9.33. The third-order valence-electron chi connectivity index (χ3n) is 2.93. The first-order valence-corrected chi connectivity index (χ1v) is 8.19. The van der Waals surface area contributed by atoms with Gasteiger partial charge in [0.05, 0.1) is 15.9 Å². The van der Waals surface area contributed by atoms with Crippen molar-refractivity contribution in [3.8, 4) is 0 Å². The van der Waals surface area contributed by atoms with E-state index in [1.807, 2.05) is 6.92 Å². The number of hydrogen-bond acceptors (Lipinski definition) is 4. The second kappa shape index (κ2) is 6.93. The Bertz CT molecular complexity index is 786. The lowest BCUT2D eigenvalue weighted by Gasteiger charge is -2.12. The third-order valence-corrected chi connectivity index (χ3v) is 5.31. The molecule has 0 saturated heterocycles. The van der Waals surface area contributed by atoms with Crippen molar-refractivity contribution in [2.75, 3.05) is 13.6 Å². The minimum atomic E-state index is -3.65. The first kappa shape index (κ1) is 18.2. The Kier molecular flexibility index (Phi) is 6.00. The van der Waals surface area contributed by atoms with Gasteiger partial charge in [0.25, 0.3) is 0 Å². The number of aromatic nitrogens is 2. The van der Waals surface area contributed by atoms with Crippen LogP contribution in [-0.2, 0) is 10.0 Å². The number of nitrogens with one attached hydrogen (secondary N) is 4. The zero-order valence-electron chi connectivity index (χ0n) is 11.4. The van der Waals surface area contributed by atoms with E-state index in [1.54, 1.807) is 13.1 Å². The molecule has 1 aromatic heterocycles. The van der Waals surface area contributed by atoms with Crippen LogP contribution in [0.1, 0.15) is 6.92 Å². The van der Waals surface area contributed by atoms with E-state index in [2.05, 4.69) is 35.9 Å². The molecule has 0 amide bonds. The number of likely N-dealkylation sites (N-methyl/N-ethyl adjacent to an activating group) is 1. The molecule has 21 heavy (non-hydrogen) atoms. The first-order valence-electron chi connectivity index (χ1n) is 5.92. The van der Waals surface area contributed by atoms with Crippen LogP contribution in [-0.4, -0.2) is 38.0 Å². The molecule has 0 aliphatic heterocycles. The van der Waals surface area contributed by atoms with Crippen LogP contribution in [0.25, 0.3) is 11.0 Å². The van der Waals surface area contributed by atoms with E-state index in [0.717, 1.165) is 0 Å². The molecule has 0 aliphatic carbocycles. The van der Waals surface area contributed by atoms with Gasteiger partial charge in [0, 0.05) is 17.1 Å². The second-order valence-corrected chi connectivity index (χ2v) is 7.04. The lowest BCUT2D eigenvalue weighted by atomic mass is 10.3. The van der Waals surface area contributed by atoms with Crippen molar-refractivity contribution in [3.05, 3.63) is 27.1 Å². The van der Waals surface area contributed by atoms with Crippen LogP contribution < -0.4 is 15.7 Å². The highest BCUT2D eigenvalue weighted by Crippen LogP contribution is 2.25. The van der Waals surface area contributed by atoms with Gasteiger partial charge in [0.2, 0.25) is 10.0 Å². The highest BCUT2D eigenvalue weighted by molar-refractivity contribution is 9.10. The van der Waals surface area contributed by atoms with Gasteiger partial charge in [-0.25, -0.2) is 17.9 Å². The van der Waals surface area contributed by atoms with Gasteiger partial charge in [0.1, 0.15) is 0 Å². The normalized spacial score (nSPS) is 13.1. The van der Waals surface area contributed by atoms with Gasteiger partial charge >= 0.3 is 5.69 Å². The van der Waals surface area contributed by atoms with Crippen LogP contribution in [0, 0.1) is 0 Å². The van der Waals surface area contributed by atoms with E-state index in [0.29, 0.717) is 15.5 Å². The number of aromatic amines is 2. The second-order valence-electron chi connectivity index (χ2n) is 4.45. The molecule has 2 rings (SSSR count). The summed E-state index contributed by atoms with van der Waals surface area (Å²) in [4.78, 5) is 16.4. The SMILES string of the molecule is CNC(C)CNS(=O)(=O)c1cc2[nH]c(=O)[nH]c2cc1Br.Cl. The number of rotatable bonds is 5. The van der Waals surface area contributed by atoms with Crippen molar-refractivity contribution in [2.45, 2.75) is 17.9 Å². The van der Waals surface area contributed by atoms with Gasteiger partial charge in [0.15, 0.2) is 0 Å². The summed E-state index contributed by atoms with van der Waals surface area (Å²) in [6, 6.07) is 2.99. The van der Waals surface area contributed by atoms with Crippen LogP contribution in [0.5, 0.6) is 0 Å². The fourth-order valence-corrected chi connectivity index (χ4v) is 3.85. The average molecular weight is 400 g/mol. The molecular weight excluding hydrogens is 384 g/mol. The molecule has 10 heteroatoms. The molecule has 0 radical (unpaired) electrons. The van der Waals surface area contributed by atoms with E-state index in [-0.39, 0.29) is 35.6 Å². The van der Waals surface area contributed by atoms with Crippen molar-refractivity contribution in [2.24, 2.45) is 0 Å². The summed E-state index contributed by atoms with van der Waals surface area (Å²) in [6.07, 6.45) is 0. The van der Waals surface area contributed by atoms with Gasteiger partial charge in [-0.2, -0.15) is 0 Å². The Labute approximate surface area is 136 Å². The fourth-order valence-electron chi connectivity index (χ4n) is 1.66. The molecule has 1 atom stereocenters. The molecule has 1 heterocycles. The Morgan fingerprint density at radius 3 is 2.43 bits per heavy atom. The van der Waals surface area contributed by atoms with Crippen LogP contribution in [0.3, 0.4) is 0 Å². The third kappa shape index (κ3) is 4.07. The summed E-state index contributed by atoms with van der Waals surface area (Å²) in [5.41, 5.74) is 0.614. The monoisotopic (exact) mass is 398 g/mol. The van der Waals surface area contributed by atoms with E-state index in [1.165, 1.54) is 6.07 Å². The molecule has 0 spiro atoms. The van der Waals surface area contributed by atoms with E-state index >= 15 is 0 Å². The standard InChI is InChI=1S/C11H15BrN4O3S.ClH/c1-6(13-2)5-14-20(18,19)10-4-9-8(3-7(10)12)15-11(17)16-9;/h3-4,6,13-14H,5H2,1-2H3,(H2,15,16,17);1H. The van der Waals surface area contributed by atoms with Gasteiger partial charge in [-0.1, -0.05) is 0 Å². The van der Waals surface area contributed by atoms with Crippen molar-refractivity contribution >= 4 is 49.4 Å². The molecule has 0 aliphatic rings. The summed E-state index contributed by atoms with van der Waals surface area (Å²) >= 11 is 3.22. The Morgan fingerprint density at radius 2 is 1.86 bits per heavy atom. The quantitative estimate of drug-likeness (QED) is 0.600. The average Bonchev–Trinajstić information content (AvgIpc) is 2.74. The molecular formula is C11H16BrClN4O3S. The van der Waals surface area contributed by atoms with Crippen molar-refractivity contribution in [1.82, 2.24) is 20.0 Å². The number of imidazole rings is 1. The summed E-state index contributed by atoms with van der Waals surface area (Å²) in [7, 11) is -1.90. The highest BCUT2D eigenvalue weighted by atomic mass is 79.9. The maximum Gasteiger partial charge on any atom is 0.323 e. The smallest absolute Gasteiger partial charge is 0.316 e. The zero-order chi connectivity index (χ0) is 14.9. The summed E-state index contributed by atoms with van der Waals surface area (Å²) in [5.74, 6) is 0. The summed E-state index contributed by atoms with van der Waals surface area (Å²) in [5, 5.41) is 2.95. The van der Waals surface area contributed by atoms with Crippen LogP contribution in [0.2, 0.25) is 0 Å². The van der Waals surface area contributed by atoms with Crippen LogP contribution in [0.15, 0.2) is 26.3 Å². The molecule has 0 fully saturated rings. The predicted molar refractivity (Wildman–Crippen MR) is 87.6 cm³/mol. The molecule has 2 aromatic rings. The maximum absolute atomic E-state index is 12.3. The maximum atomic E-state index is 12.3. The van der Waals surface area contributed by atoms with Gasteiger partial charge < -0.3 is 15.3 Å². The lowest BCUT2D eigenvalue weighted by molar-refractivity contribution is 0.554. The molecule has 4 N–H and O–H groups in total. The van der Waals surface area contributed by atoms with Gasteiger partial charge in [-0.05, 0) is 42.0 Å². The van der Waals surface area contributed by atoms with Gasteiger partial charge in [-0.3, -0.25) is 0 Å². The minimum absolute atomic E-state index is 0. The lowest BCUT2D eigenvalue weighted by Crippen LogP contribution is -2.37. The van der Waals surface area contributed by atoms with E-state index in [4.69, 9.17) is 0 Å². The van der Waals surface area contributed by atoms with E-state index < -0.39 is 10.0 Å². The Hall–Kier alpha value is -0.870. The number of benzene rings is 1. The van der Waals surface area contributed by atoms with Crippen molar-refractivity contribution < 1.29 is 8.42 Å². The predicted octanol–water partition coefficient (Wildman–Crippen LogP) is 0.927. The number of sulfonamides is 1. The number of hydrogen-bond donors (Lipinski definition) is 4. The zero-order valence-corrected chi connectivity index (χ0v) is 14.6. The van der Waals surface area contributed by atoms with E-state index in [9.17, 15) is 13.2 Å². The molecule has 1 unspecified atom stereocenters. The Morgan fingerprint density at radius 1 is 1.29 bits per heavy atom. The Balaban J connectivity index is 0.00000220. The molecule has 1 aromatic carbocycles. The van der Waals surface area contributed by atoms with Crippen LogP contribution in [0.4, 0.5) is 0 Å². The van der Waals surface area contributed by atoms with Gasteiger partial charge in [-0.15, -0.1) is 12.4 Å². The van der Waals surface area contributed by atoms with Crippen molar-refractivity contribution in [1.29, 1.82) is 0 Å². The number of halogens is 2. The summed E-state index contributed by atoms with van der Waals surface area (Å²) < 4.78 is 27.4. The van der Waals surface area contributed by atoms with Crippen LogP contribution >= 0.6 is 28.3 Å². The molecule has 7 nitrogen and oxygen atoms in total. The van der Waals surface area contributed by atoms with Crippen molar-refractivity contribution in [3.63, 3.8) is 0 Å². The summed E-state index contributed by atoms with van der Waals surface area (Å²) in [6.45, 7) is 2.14. The number of fused-ring (bicyclic) bond motifs is 1. The molecule has 0 saturated carbocycles. The fraction of sp³-hybridized carbons (Fsp3) is 0.364. The molecule has 118 valence electrons. The minimum Gasteiger partial charge on any atom is -0.316 e. The number of H-pyrrole nitrogens is 2. The topological polar surface area (TPSA) is 107 Å². The molecule has 0 bridgehead atoms. The highest BCUT2D eigenvalue weighted by Gasteiger charge is 2.19. The largest absolute Gasteiger partial charge is 0.323 e.